The van der Waals surface area contributed by atoms with Crippen LogP contribution in [0.1, 0.15) is 24.8 Å². The van der Waals surface area contributed by atoms with Gasteiger partial charge in [0.1, 0.15) is 11.7 Å². The summed E-state index contributed by atoms with van der Waals surface area (Å²) in [4.78, 5) is 28.3. The number of nitrogens with zero attached hydrogens (tertiary/aromatic N) is 2. The van der Waals surface area contributed by atoms with Gasteiger partial charge in [0, 0.05) is 25.3 Å². The zero-order valence-corrected chi connectivity index (χ0v) is 12.1. The normalized spacial score (nSPS) is 22.2. The lowest BCUT2D eigenvalue weighted by Gasteiger charge is -2.21. The van der Waals surface area contributed by atoms with Crippen LogP contribution in [0.15, 0.2) is 18.2 Å². The summed E-state index contributed by atoms with van der Waals surface area (Å²) in [5.74, 6) is -1.07. The topological polar surface area (TPSA) is 40.6 Å². The summed E-state index contributed by atoms with van der Waals surface area (Å²) < 4.78 is 13.2. The van der Waals surface area contributed by atoms with E-state index in [0.717, 1.165) is 31.5 Å². The van der Waals surface area contributed by atoms with Crippen LogP contribution in [0.25, 0.3) is 0 Å². The molecule has 2 heterocycles. The molecule has 2 amide bonds. The Balaban J connectivity index is 1.78. The van der Waals surface area contributed by atoms with Crippen LogP contribution in [0.4, 0.5) is 10.1 Å². The molecule has 2 aliphatic heterocycles. The van der Waals surface area contributed by atoms with Crippen molar-refractivity contribution in [2.24, 2.45) is 5.92 Å². The molecule has 0 aliphatic carbocycles. The highest BCUT2D eigenvalue weighted by molar-refractivity contribution is 6.09. The quantitative estimate of drug-likeness (QED) is 0.783. The first-order chi connectivity index (χ1) is 10.1. The summed E-state index contributed by atoms with van der Waals surface area (Å²) in [6, 6.07) is 4.38. The lowest BCUT2D eigenvalue weighted by atomic mass is 10.1. The van der Waals surface area contributed by atoms with Gasteiger partial charge in [0.2, 0.25) is 11.8 Å². The van der Waals surface area contributed by atoms with Crippen LogP contribution in [0, 0.1) is 18.7 Å². The molecular weight excluding hydrogens is 271 g/mol. The first-order valence-electron chi connectivity index (χ1n) is 7.44. The van der Waals surface area contributed by atoms with Crippen LogP contribution in [0.5, 0.6) is 0 Å². The van der Waals surface area contributed by atoms with E-state index in [-0.39, 0.29) is 17.6 Å². The summed E-state index contributed by atoms with van der Waals surface area (Å²) in [5, 5.41) is 0. The first-order valence-corrected chi connectivity index (χ1v) is 7.44. The number of aryl methyl sites for hydroxylation is 1. The van der Waals surface area contributed by atoms with Crippen LogP contribution in [-0.2, 0) is 9.59 Å². The number of carbonyl (C=O) groups is 2. The van der Waals surface area contributed by atoms with Gasteiger partial charge in [-0.1, -0.05) is 0 Å². The van der Waals surface area contributed by atoms with Gasteiger partial charge < -0.3 is 9.80 Å². The van der Waals surface area contributed by atoms with Gasteiger partial charge in [-0.25, -0.2) is 4.39 Å². The highest BCUT2D eigenvalue weighted by Gasteiger charge is 2.40. The number of rotatable bonds is 2. The molecule has 2 fully saturated rings. The van der Waals surface area contributed by atoms with Crippen molar-refractivity contribution >= 4 is 17.5 Å². The number of likely N-dealkylation sites (tertiary alicyclic amines) is 1. The van der Waals surface area contributed by atoms with E-state index in [2.05, 4.69) is 0 Å². The largest absolute Gasteiger partial charge is 0.342 e. The van der Waals surface area contributed by atoms with Crippen LogP contribution in [0.2, 0.25) is 0 Å². The fourth-order valence-electron chi connectivity index (χ4n) is 3.23. The number of carbonyl (C=O) groups excluding carboxylic acids is 2. The van der Waals surface area contributed by atoms with Gasteiger partial charge in [-0.3, -0.25) is 9.59 Å². The molecule has 4 nitrogen and oxygen atoms in total. The maximum Gasteiger partial charge on any atom is 0.239 e. The van der Waals surface area contributed by atoms with E-state index in [4.69, 9.17) is 0 Å². The van der Waals surface area contributed by atoms with E-state index in [0.29, 0.717) is 18.7 Å². The Kier molecular flexibility index (Phi) is 3.66. The predicted octanol–water partition coefficient (Wildman–Crippen LogP) is 2.11. The molecule has 2 saturated heterocycles. The van der Waals surface area contributed by atoms with Gasteiger partial charge in [-0.05, 0) is 49.9 Å². The van der Waals surface area contributed by atoms with E-state index < -0.39 is 5.92 Å². The second kappa shape index (κ2) is 5.47. The number of anilines is 1. The third-order valence-corrected chi connectivity index (χ3v) is 4.37. The van der Waals surface area contributed by atoms with Crippen molar-refractivity contribution in [3.8, 4) is 0 Å². The Labute approximate surface area is 123 Å². The van der Waals surface area contributed by atoms with E-state index >= 15 is 0 Å². The van der Waals surface area contributed by atoms with Crippen LogP contribution in [-0.4, -0.2) is 36.3 Å². The molecule has 0 spiro atoms. The summed E-state index contributed by atoms with van der Waals surface area (Å²) in [5.41, 5.74) is 1.43. The van der Waals surface area contributed by atoms with Crippen molar-refractivity contribution in [1.29, 1.82) is 0 Å². The summed E-state index contributed by atoms with van der Waals surface area (Å²) in [6.07, 6.45) is 2.59. The third kappa shape index (κ3) is 2.52. The molecule has 0 saturated carbocycles. The Morgan fingerprint density at radius 3 is 2.62 bits per heavy atom. The standard InChI is InChI=1S/C16H19FN2O2/c1-11-10-12(17)4-5-14(11)19-9-6-13(16(19)21)15(20)18-7-2-3-8-18/h4-5,10,13H,2-3,6-9H2,1H3/t13-/m1/s1. The molecule has 1 aromatic rings. The molecule has 3 rings (SSSR count). The van der Waals surface area contributed by atoms with Gasteiger partial charge >= 0.3 is 0 Å². The monoisotopic (exact) mass is 290 g/mol. The third-order valence-electron chi connectivity index (χ3n) is 4.37. The zero-order chi connectivity index (χ0) is 15.0. The Morgan fingerprint density at radius 1 is 1.24 bits per heavy atom. The summed E-state index contributed by atoms with van der Waals surface area (Å²) in [6.45, 7) is 3.83. The van der Waals surface area contributed by atoms with Crippen molar-refractivity contribution < 1.29 is 14.0 Å². The zero-order valence-electron chi connectivity index (χ0n) is 12.1. The Bertz CT molecular complexity index is 582. The van der Waals surface area contributed by atoms with Gasteiger partial charge in [0.05, 0.1) is 0 Å². The molecular formula is C16H19FN2O2. The minimum absolute atomic E-state index is 0.0419. The van der Waals surface area contributed by atoms with Crippen molar-refractivity contribution in [1.82, 2.24) is 4.90 Å². The fraction of sp³-hybridized carbons (Fsp3) is 0.500. The molecule has 0 bridgehead atoms. The Morgan fingerprint density at radius 2 is 1.95 bits per heavy atom. The second-order valence-corrected chi connectivity index (χ2v) is 5.79. The van der Waals surface area contributed by atoms with Crippen LogP contribution >= 0.6 is 0 Å². The Hall–Kier alpha value is -1.91. The number of halogens is 1. The molecule has 1 atom stereocenters. The van der Waals surface area contributed by atoms with E-state index in [1.54, 1.807) is 22.8 Å². The van der Waals surface area contributed by atoms with Gasteiger partial charge in [-0.15, -0.1) is 0 Å². The van der Waals surface area contributed by atoms with Gasteiger partial charge in [-0.2, -0.15) is 0 Å². The van der Waals surface area contributed by atoms with E-state index in [9.17, 15) is 14.0 Å². The fourth-order valence-corrected chi connectivity index (χ4v) is 3.23. The molecule has 5 heteroatoms. The molecule has 0 unspecified atom stereocenters. The molecule has 0 radical (unpaired) electrons. The number of amides is 2. The molecule has 0 aromatic heterocycles. The van der Waals surface area contributed by atoms with Crippen LogP contribution < -0.4 is 4.90 Å². The van der Waals surface area contributed by atoms with E-state index in [1.165, 1.54) is 12.1 Å². The highest BCUT2D eigenvalue weighted by atomic mass is 19.1. The maximum absolute atomic E-state index is 13.2. The average molecular weight is 290 g/mol. The van der Waals surface area contributed by atoms with Crippen molar-refractivity contribution in [3.63, 3.8) is 0 Å². The first kappa shape index (κ1) is 14.0. The van der Waals surface area contributed by atoms with Crippen molar-refractivity contribution in [2.45, 2.75) is 26.2 Å². The second-order valence-electron chi connectivity index (χ2n) is 5.79. The average Bonchev–Trinajstić information content (AvgIpc) is 3.08. The minimum atomic E-state index is -0.562. The molecule has 0 N–H and O–H groups in total. The summed E-state index contributed by atoms with van der Waals surface area (Å²) >= 11 is 0. The lowest BCUT2D eigenvalue weighted by molar-refractivity contribution is -0.139. The minimum Gasteiger partial charge on any atom is -0.342 e. The van der Waals surface area contributed by atoms with Gasteiger partial charge in [0.25, 0.3) is 0 Å². The number of hydrogen-bond acceptors (Lipinski definition) is 2. The smallest absolute Gasteiger partial charge is 0.239 e. The lowest BCUT2D eigenvalue weighted by Crippen LogP contribution is -2.38. The molecule has 2 aliphatic rings. The molecule has 112 valence electrons. The predicted molar refractivity (Wildman–Crippen MR) is 77.4 cm³/mol. The van der Waals surface area contributed by atoms with Gasteiger partial charge in [0.15, 0.2) is 0 Å². The van der Waals surface area contributed by atoms with Crippen LogP contribution in [0.3, 0.4) is 0 Å². The highest BCUT2D eigenvalue weighted by Crippen LogP contribution is 2.30. The molecule has 21 heavy (non-hydrogen) atoms. The van der Waals surface area contributed by atoms with Crippen molar-refractivity contribution in [3.05, 3.63) is 29.6 Å². The maximum atomic E-state index is 13.2. The number of benzene rings is 1. The van der Waals surface area contributed by atoms with Crippen molar-refractivity contribution in [2.75, 3.05) is 24.5 Å². The number of hydrogen-bond donors (Lipinski definition) is 0. The SMILES string of the molecule is Cc1cc(F)ccc1N1CC[C@H](C(=O)N2CCCC2)C1=O. The van der Waals surface area contributed by atoms with E-state index in [1.807, 2.05) is 0 Å². The molecule has 1 aromatic carbocycles. The summed E-state index contributed by atoms with van der Waals surface area (Å²) in [7, 11) is 0.